The van der Waals surface area contributed by atoms with Crippen molar-refractivity contribution >= 4 is 51.9 Å². The minimum atomic E-state index is -0.720. The second kappa shape index (κ2) is 10.2. The Labute approximate surface area is 210 Å². The molecular weight excluding hydrogens is 472 g/mol. The first-order chi connectivity index (χ1) is 16.2. The molecule has 34 heavy (non-hydrogen) atoms. The van der Waals surface area contributed by atoms with Crippen LogP contribution in [-0.2, 0) is 16.1 Å². The van der Waals surface area contributed by atoms with Crippen molar-refractivity contribution in [2.24, 2.45) is 0 Å². The minimum absolute atomic E-state index is 0.0552. The van der Waals surface area contributed by atoms with Gasteiger partial charge in [-0.25, -0.2) is 4.79 Å². The van der Waals surface area contributed by atoms with E-state index in [1.807, 2.05) is 36.0 Å². The van der Waals surface area contributed by atoms with Crippen molar-refractivity contribution < 1.29 is 19.1 Å². The van der Waals surface area contributed by atoms with Crippen molar-refractivity contribution in [3.8, 4) is 0 Å². The molecule has 3 heterocycles. The smallest absolute Gasteiger partial charge is 0.338 e. The Bertz CT molecular complexity index is 991. The van der Waals surface area contributed by atoms with Crippen LogP contribution in [0.4, 0.5) is 10.5 Å². The Morgan fingerprint density at radius 1 is 1.09 bits per heavy atom. The van der Waals surface area contributed by atoms with Gasteiger partial charge < -0.3 is 14.5 Å². The van der Waals surface area contributed by atoms with Gasteiger partial charge in [0.05, 0.1) is 11.3 Å². The Hall–Kier alpha value is -2.17. The number of hydrogen-bond donors (Lipinski definition) is 0. The molecule has 1 aromatic carbocycles. The van der Waals surface area contributed by atoms with Gasteiger partial charge >= 0.3 is 5.97 Å². The SMILES string of the molecule is CSC(=O)N1CCN(CCCCCN2C(=S)N(c3ccc4c(c3)COC4=O)C(=O)C2(C)C)CC1. The van der Waals surface area contributed by atoms with Crippen molar-refractivity contribution in [1.29, 1.82) is 0 Å². The van der Waals surface area contributed by atoms with Crippen LogP contribution in [0, 0.1) is 0 Å². The maximum atomic E-state index is 13.3. The quantitative estimate of drug-likeness (QED) is 0.318. The van der Waals surface area contributed by atoms with Crippen LogP contribution in [0.5, 0.6) is 0 Å². The third-order valence-electron chi connectivity index (χ3n) is 6.91. The van der Waals surface area contributed by atoms with Gasteiger partial charge in [-0.1, -0.05) is 18.2 Å². The first kappa shape index (κ1) is 24.9. The Morgan fingerprint density at radius 2 is 1.79 bits per heavy atom. The first-order valence-corrected chi connectivity index (χ1v) is 13.4. The van der Waals surface area contributed by atoms with Crippen LogP contribution < -0.4 is 4.90 Å². The van der Waals surface area contributed by atoms with Gasteiger partial charge in [0.25, 0.3) is 11.1 Å². The molecule has 2 amide bonds. The number of esters is 1. The van der Waals surface area contributed by atoms with E-state index in [1.165, 1.54) is 11.8 Å². The maximum absolute atomic E-state index is 13.3. The molecule has 4 rings (SSSR count). The molecule has 0 unspecified atom stereocenters. The van der Waals surface area contributed by atoms with Gasteiger partial charge in [0.15, 0.2) is 5.11 Å². The lowest BCUT2D eigenvalue weighted by atomic mass is 10.0. The highest BCUT2D eigenvalue weighted by Gasteiger charge is 2.49. The Morgan fingerprint density at radius 3 is 2.50 bits per heavy atom. The predicted octanol–water partition coefficient (Wildman–Crippen LogP) is 3.34. The Balaban J connectivity index is 1.28. The lowest BCUT2D eigenvalue weighted by molar-refractivity contribution is -0.123. The number of cyclic esters (lactones) is 1. The van der Waals surface area contributed by atoms with E-state index in [2.05, 4.69) is 4.90 Å². The Kier molecular flexibility index (Phi) is 7.49. The number of piperazine rings is 1. The highest BCUT2D eigenvalue weighted by Crippen LogP contribution is 2.34. The predicted molar refractivity (Wildman–Crippen MR) is 137 cm³/mol. The molecule has 3 aliphatic rings. The average Bonchev–Trinajstić information content (AvgIpc) is 3.28. The van der Waals surface area contributed by atoms with Gasteiger partial charge in [-0.3, -0.25) is 19.4 Å². The molecule has 8 nitrogen and oxygen atoms in total. The molecule has 0 bridgehead atoms. The third kappa shape index (κ3) is 4.81. The fourth-order valence-corrected chi connectivity index (χ4v) is 5.71. The van der Waals surface area contributed by atoms with E-state index in [4.69, 9.17) is 17.0 Å². The summed E-state index contributed by atoms with van der Waals surface area (Å²) >= 11 is 7.01. The molecule has 10 heteroatoms. The van der Waals surface area contributed by atoms with Crippen LogP contribution in [0.1, 0.15) is 49.0 Å². The summed E-state index contributed by atoms with van der Waals surface area (Å²) in [5.41, 5.74) is 1.30. The molecule has 0 aliphatic carbocycles. The summed E-state index contributed by atoms with van der Waals surface area (Å²) in [5.74, 6) is -0.380. The van der Waals surface area contributed by atoms with Gasteiger partial charge in [0, 0.05) is 38.3 Å². The van der Waals surface area contributed by atoms with Crippen LogP contribution in [0.25, 0.3) is 0 Å². The molecule has 0 saturated carbocycles. The van der Waals surface area contributed by atoms with Crippen LogP contribution in [0.15, 0.2) is 18.2 Å². The van der Waals surface area contributed by atoms with Gasteiger partial charge in [-0.15, -0.1) is 0 Å². The van der Waals surface area contributed by atoms with E-state index in [0.29, 0.717) is 16.4 Å². The number of hydrogen-bond acceptors (Lipinski definition) is 7. The molecule has 0 N–H and O–H groups in total. The number of thioether (sulfide) groups is 1. The van der Waals surface area contributed by atoms with Crippen molar-refractivity contribution in [2.45, 2.75) is 45.3 Å². The van der Waals surface area contributed by atoms with Gasteiger partial charge in [0.1, 0.15) is 12.1 Å². The summed E-state index contributed by atoms with van der Waals surface area (Å²) in [6.45, 7) is 9.26. The maximum Gasteiger partial charge on any atom is 0.338 e. The average molecular weight is 505 g/mol. The first-order valence-electron chi connectivity index (χ1n) is 11.8. The second-order valence-corrected chi connectivity index (χ2v) is 10.5. The molecule has 0 radical (unpaired) electrons. The van der Waals surface area contributed by atoms with E-state index in [9.17, 15) is 14.4 Å². The number of nitrogens with zero attached hydrogens (tertiary/aromatic N) is 4. The monoisotopic (exact) mass is 504 g/mol. The molecule has 0 atom stereocenters. The van der Waals surface area contributed by atoms with Crippen LogP contribution in [-0.4, -0.2) is 88.0 Å². The zero-order valence-electron chi connectivity index (χ0n) is 20.0. The van der Waals surface area contributed by atoms with Crippen LogP contribution in [0.3, 0.4) is 0 Å². The summed E-state index contributed by atoms with van der Waals surface area (Å²) in [6, 6.07) is 5.31. The fraction of sp³-hybridized carbons (Fsp3) is 0.583. The number of rotatable bonds is 7. The third-order valence-corrected chi connectivity index (χ3v) is 7.92. The number of fused-ring (bicyclic) bond motifs is 1. The largest absolute Gasteiger partial charge is 0.457 e. The van der Waals surface area contributed by atoms with Crippen molar-refractivity contribution in [1.82, 2.24) is 14.7 Å². The van der Waals surface area contributed by atoms with E-state index in [1.54, 1.807) is 17.0 Å². The zero-order valence-corrected chi connectivity index (χ0v) is 21.7. The zero-order chi connectivity index (χ0) is 24.5. The number of anilines is 1. The normalized spacial score (nSPS) is 20.2. The number of benzene rings is 1. The molecular formula is C24H32N4O4S2. The minimum Gasteiger partial charge on any atom is -0.457 e. The van der Waals surface area contributed by atoms with E-state index >= 15 is 0 Å². The number of unbranched alkanes of at least 4 members (excludes halogenated alkanes) is 2. The molecule has 0 spiro atoms. The summed E-state index contributed by atoms with van der Waals surface area (Å²) in [7, 11) is 0. The van der Waals surface area contributed by atoms with E-state index < -0.39 is 5.54 Å². The summed E-state index contributed by atoms with van der Waals surface area (Å²) in [4.78, 5) is 44.8. The van der Waals surface area contributed by atoms with Gasteiger partial charge in [-0.05, 0) is 69.9 Å². The van der Waals surface area contributed by atoms with E-state index in [-0.39, 0.29) is 23.7 Å². The van der Waals surface area contributed by atoms with Crippen LogP contribution >= 0.6 is 24.0 Å². The molecule has 0 aromatic heterocycles. The topological polar surface area (TPSA) is 73.4 Å². The van der Waals surface area contributed by atoms with Crippen molar-refractivity contribution in [2.75, 3.05) is 50.4 Å². The van der Waals surface area contributed by atoms with E-state index in [0.717, 1.165) is 64.1 Å². The molecule has 184 valence electrons. The van der Waals surface area contributed by atoms with Crippen molar-refractivity contribution in [3.05, 3.63) is 29.3 Å². The summed E-state index contributed by atoms with van der Waals surface area (Å²) < 4.78 is 5.09. The molecule has 3 aliphatic heterocycles. The number of amides is 2. The number of ether oxygens (including phenoxy) is 1. The highest BCUT2D eigenvalue weighted by molar-refractivity contribution is 8.12. The van der Waals surface area contributed by atoms with Gasteiger partial charge in [0.2, 0.25) is 0 Å². The van der Waals surface area contributed by atoms with Crippen molar-refractivity contribution in [3.63, 3.8) is 0 Å². The second-order valence-electron chi connectivity index (χ2n) is 9.41. The number of carbonyl (C=O) groups excluding carboxylic acids is 3. The molecule has 1 aromatic rings. The number of thiocarbonyl (C=S) groups is 1. The lowest BCUT2D eigenvalue weighted by Crippen LogP contribution is -2.47. The fourth-order valence-electron chi connectivity index (χ4n) is 4.76. The lowest BCUT2D eigenvalue weighted by Gasteiger charge is -2.34. The number of carbonyl (C=O) groups is 3. The summed E-state index contributed by atoms with van der Waals surface area (Å²) in [6.07, 6.45) is 4.90. The highest BCUT2D eigenvalue weighted by atomic mass is 32.2. The molecule has 2 saturated heterocycles. The molecule has 2 fully saturated rings. The van der Waals surface area contributed by atoms with Gasteiger partial charge in [-0.2, -0.15) is 0 Å². The van der Waals surface area contributed by atoms with Crippen LogP contribution in [0.2, 0.25) is 0 Å². The standard InChI is InChI=1S/C24H32N4O4S2/c1-24(2)21(30)28(18-7-8-19-17(15-18)16-32-20(19)29)22(33)27(24)10-6-4-5-9-25-11-13-26(14-12-25)23(31)34-3/h7-8,15H,4-6,9-14,16H2,1-3H3. The summed E-state index contributed by atoms with van der Waals surface area (Å²) in [5, 5.41) is 0.670.